The summed E-state index contributed by atoms with van der Waals surface area (Å²) < 4.78 is 57.6. The van der Waals surface area contributed by atoms with Gasteiger partial charge in [0.05, 0.1) is 0 Å². The van der Waals surface area contributed by atoms with Crippen LogP contribution in [0.3, 0.4) is 0 Å². The standard InChI is InChI=1S/C57H39F3N6O2/c1-56(57(58,59)60,44-26-34-48(35-27-44)67-46-30-22-42(23-31-46)54-63-50(38-14-6-2-7-15-38)61-51(64-54)39-16-8-3-9-17-39)45-28-36-49(37-29-45)68-47-32-24-43(25-33-47)55-65-52(40-18-10-4-11-19-40)62-53(66-55)41-20-12-5-13-21-41/h2-37H,1H3. The molecule has 0 saturated heterocycles. The third-order valence-corrected chi connectivity index (χ3v) is 11.5. The molecule has 8 nitrogen and oxygen atoms in total. The molecule has 0 aliphatic heterocycles. The fraction of sp³-hybridized carbons (Fsp3) is 0.0526. The van der Waals surface area contributed by atoms with Crippen LogP contribution in [0, 0.1) is 0 Å². The van der Waals surface area contributed by atoms with Gasteiger partial charge in [-0.25, -0.2) is 29.9 Å². The van der Waals surface area contributed by atoms with E-state index in [1.54, 1.807) is 48.5 Å². The van der Waals surface area contributed by atoms with Gasteiger partial charge in [-0.3, -0.25) is 0 Å². The lowest BCUT2D eigenvalue weighted by molar-refractivity contribution is -0.173. The highest BCUT2D eigenvalue weighted by molar-refractivity contribution is 5.68. The van der Waals surface area contributed by atoms with Crippen LogP contribution in [0.4, 0.5) is 13.2 Å². The van der Waals surface area contributed by atoms with Crippen LogP contribution in [0.15, 0.2) is 218 Å². The van der Waals surface area contributed by atoms with E-state index in [1.165, 1.54) is 31.2 Å². The minimum Gasteiger partial charge on any atom is -0.457 e. The van der Waals surface area contributed by atoms with E-state index >= 15 is 13.2 Å². The van der Waals surface area contributed by atoms with Gasteiger partial charge < -0.3 is 9.47 Å². The number of nitrogens with zero attached hydrogens (tertiary/aromatic N) is 6. The monoisotopic (exact) mass is 896 g/mol. The van der Waals surface area contributed by atoms with Crippen LogP contribution in [0.25, 0.3) is 68.3 Å². The van der Waals surface area contributed by atoms with Gasteiger partial charge in [-0.15, -0.1) is 0 Å². The van der Waals surface area contributed by atoms with E-state index in [0.29, 0.717) is 57.9 Å². The van der Waals surface area contributed by atoms with Crippen molar-refractivity contribution < 1.29 is 22.6 Å². The largest absolute Gasteiger partial charge is 0.457 e. The van der Waals surface area contributed by atoms with E-state index in [-0.39, 0.29) is 11.1 Å². The number of benzene rings is 8. The van der Waals surface area contributed by atoms with Gasteiger partial charge in [-0.1, -0.05) is 146 Å². The minimum atomic E-state index is -4.63. The molecule has 0 fully saturated rings. The maximum Gasteiger partial charge on any atom is 0.402 e. The van der Waals surface area contributed by atoms with Crippen molar-refractivity contribution in [2.45, 2.75) is 18.5 Å². The van der Waals surface area contributed by atoms with Gasteiger partial charge in [0.1, 0.15) is 28.4 Å². The van der Waals surface area contributed by atoms with Gasteiger partial charge in [0.25, 0.3) is 0 Å². The molecule has 11 heteroatoms. The summed E-state index contributed by atoms with van der Waals surface area (Å²) in [5.41, 5.74) is 2.69. The summed E-state index contributed by atoms with van der Waals surface area (Å²) in [6.45, 7) is 1.18. The van der Waals surface area contributed by atoms with Crippen molar-refractivity contribution in [2.75, 3.05) is 0 Å². The smallest absolute Gasteiger partial charge is 0.402 e. The zero-order chi connectivity index (χ0) is 46.5. The van der Waals surface area contributed by atoms with Gasteiger partial charge in [-0.2, -0.15) is 13.2 Å². The molecule has 0 N–H and O–H groups in total. The molecule has 0 atom stereocenters. The molecule has 2 heterocycles. The Kier molecular flexibility index (Phi) is 11.8. The SMILES string of the molecule is CC(c1ccc(Oc2ccc(-c3nc(-c4ccccc4)nc(-c4ccccc4)n3)cc2)cc1)(c1ccc(Oc2ccc(-c3nc(-c4ccccc4)nc(-c4ccccc4)n3)cc2)cc1)C(F)(F)F. The summed E-state index contributed by atoms with van der Waals surface area (Å²) in [4.78, 5) is 28.6. The Balaban J connectivity index is 0.839. The Hall–Kier alpha value is -8.83. The second-order valence-electron chi connectivity index (χ2n) is 16.0. The van der Waals surface area contributed by atoms with E-state index in [2.05, 4.69) is 0 Å². The van der Waals surface area contributed by atoms with Crippen molar-refractivity contribution in [2.24, 2.45) is 0 Å². The van der Waals surface area contributed by atoms with Gasteiger partial charge in [0.2, 0.25) is 0 Å². The molecule has 0 unspecified atom stereocenters. The van der Waals surface area contributed by atoms with Crippen LogP contribution in [-0.4, -0.2) is 36.1 Å². The maximum atomic E-state index is 15.1. The summed E-state index contributed by atoms with van der Waals surface area (Å²) >= 11 is 0. The summed E-state index contributed by atoms with van der Waals surface area (Å²) in [5, 5.41) is 0. The Morgan fingerprint density at radius 1 is 0.279 bits per heavy atom. The Morgan fingerprint density at radius 2 is 0.485 bits per heavy atom. The van der Waals surface area contributed by atoms with Crippen molar-refractivity contribution in [3.05, 3.63) is 230 Å². The minimum absolute atomic E-state index is 0.0550. The zero-order valence-corrected chi connectivity index (χ0v) is 36.4. The molecule has 0 saturated carbocycles. The van der Waals surface area contributed by atoms with Crippen LogP contribution < -0.4 is 9.47 Å². The van der Waals surface area contributed by atoms with Gasteiger partial charge in [-0.05, 0) is 90.8 Å². The molecular formula is C57H39F3N6O2. The average molecular weight is 897 g/mol. The summed E-state index contributed by atoms with van der Waals surface area (Å²) in [7, 11) is 0. The lowest BCUT2D eigenvalue weighted by Crippen LogP contribution is -2.40. The highest BCUT2D eigenvalue weighted by atomic mass is 19.4. The second kappa shape index (κ2) is 18.6. The molecule has 10 aromatic rings. The Morgan fingerprint density at radius 3 is 0.706 bits per heavy atom. The van der Waals surface area contributed by atoms with Crippen molar-refractivity contribution in [3.8, 4) is 91.3 Å². The van der Waals surface area contributed by atoms with Crippen LogP contribution in [-0.2, 0) is 5.41 Å². The van der Waals surface area contributed by atoms with E-state index in [9.17, 15) is 0 Å². The molecule has 10 rings (SSSR count). The first-order valence-electron chi connectivity index (χ1n) is 21.7. The molecule has 0 amide bonds. The molecule has 330 valence electrons. The maximum absolute atomic E-state index is 15.1. The first-order chi connectivity index (χ1) is 33.2. The number of alkyl halides is 3. The lowest BCUT2D eigenvalue weighted by atomic mass is 9.75. The zero-order valence-electron chi connectivity index (χ0n) is 36.4. The van der Waals surface area contributed by atoms with Crippen molar-refractivity contribution in [3.63, 3.8) is 0 Å². The molecule has 0 aliphatic carbocycles. The number of halogens is 3. The number of hydrogen-bond acceptors (Lipinski definition) is 8. The third kappa shape index (κ3) is 9.18. The fourth-order valence-electron chi connectivity index (χ4n) is 7.70. The average Bonchev–Trinajstić information content (AvgIpc) is 3.40. The van der Waals surface area contributed by atoms with Gasteiger partial charge in [0.15, 0.2) is 34.9 Å². The van der Waals surface area contributed by atoms with E-state index in [4.69, 9.17) is 39.4 Å². The highest BCUT2D eigenvalue weighted by Crippen LogP contribution is 2.47. The summed E-state index contributed by atoms with van der Waals surface area (Å²) in [6, 6.07) is 65.2. The number of aromatic nitrogens is 6. The molecule has 68 heavy (non-hydrogen) atoms. The van der Waals surface area contributed by atoms with E-state index in [1.807, 2.05) is 146 Å². The summed E-state index contributed by atoms with van der Waals surface area (Å²) in [5.74, 6) is 4.88. The van der Waals surface area contributed by atoms with Crippen molar-refractivity contribution in [1.82, 2.24) is 29.9 Å². The molecule has 0 radical (unpaired) electrons. The normalized spacial score (nSPS) is 11.5. The van der Waals surface area contributed by atoms with E-state index < -0.39 is 11.6 Å². The molecule has 0 spiro atoms. The van der Waals surface area contributed by atoms with Crippen molar-refractivity contribution in [1.29, 1.82) is 0 Å². The Bertz CT molecular complexity index is 2960. The number of rotatable bonds is 12. The third-order valence-electron chi connectivity index (χ3n) is 11.5. The molecule has 8 aromatic carbocycles. The summed E-state index contributed by atoms with van der Waals surface area (Å²) in [6.07, 6.45) is -4.63. The topological polar surface area (TPSA) is 95.8 Å². The van der Waals surface area contributed by atoms with Gasteiger partial charge >= 0.3 is 6.18 Å². The molecule has 2 aromatic heterocycles. The second-order valence-corrected chi connectivity index (χ2v) is 16.0. The molecule has 0 bridgehead atoms. The highest BCUT2D eigenvalue weighted by Gasteiger charge is 2.53. The number of hydrogen-bond donors (Lipinski definition) is 0. The number of ether oxygens (including phenoxy) is 2. The van der Waals surface area contributed by atoms with E-state index in [0.717, 1.165) is 33.4 Å². The fourth-order valence-corrected chi connectivity index (χ4v) is 7.70. The molecule has 0 aliphatic rings. The predicted octanol–water partition coefficient (Wildman–Crippen LogP) is 14.5. The molecular weight excluding hydrogens is 858 g/mol. The predicted molar refractivity (Wildman–Crippen MR) is 258 cm³/mol. The van der Waals surface area contributed by atoms with Gasteiger partial charge in [0, 0.05) is 33.4 Å². The van der Waals surface area contributed by atoms with Crippen LogP contribution in [0.5, 0.6) is 23.0 Å². The first kappa shape index (κ1) is 43.1. The lowest BCUT2D eigenvalue weighted by Gasteiger charge is -2.33. The van der Waals surface area contributed by atoms with Crippen LogP contribution in [0.2, 0.25) is 0 Å². The van der Waals surface area contributed by atoms with Crippen LogP contribution in [0.1, 0.15) is 18.1 Å². The Labute approximate surface area is 390 Å². The first-order valence-corrected chi connectivity index (χ1v) is 21.7. The quantitative estimate of drug-likeness (QED) is 0.120. The van der Waals surface area contributed by atoms with Crippen LogP contribution >= 0.6 is 0 Å². The van der Waals surface area contributed by atoms with Crippen molar-refractivity contribution >= 4 is 0 Å².